The summed E-state index contributed by atoms with van der Waals surface area (Å²) in [4.78, 5) is 17.2. The zero-order valence-corrected chi connectivity index (χ0v) is 15.2. The first-order valence-electron chi connectivity index (χ1n) is 6.79. The molecule has 3 heterocycles. The van der Waals surface area contributed by atoms with Crippen molar-refractivity contribution >= 4 is 44.5 Å². The quantitative estimate of drug-likeness (QED) is 0.612. The van der Waals surface area contributed by atoms with Gasteiger partial charge in [0.25, 0.3) is 5.91 Å². The van der Waals surface area contributed by atoms with Gasteiger partial charge in [-0.05, 0) is 44.9 Å². The van der Waals surface area contributed by atoms with Crippen LogP contribution in [0.25, 0.3) is 0 Å². The number of nitrogens with zero attached hydrogens (tertiary/aromatic N) is 2. The summed E-state index contributed by atoms with van der Waals surface area (Å²) in [5.41, 5.74) is 0.694. The lowest BCUT2D eigenvalue weighted by Gasteiger charge is -2.21. The van der Waals surface area contributed by atoms with E-state index >= 15 is 0 Å². The van der Waals surface area contributed by atoms with Crippen LogP contribution in [-0.2, 0) is 20.1 Å². The number of hydrogen-bond acceptors (Lipinski definition) is 3. The minimum Gasteiger partial charge on any atom is -0.345 e. The smallest absolute Gasteiger partial charge is 0.271 e. The lowest BCUT2D eigenvalue weighted by molar-refractivity contribution is 0.0724. The van der Waals surface area contributed by atoms with Gasteiger partial charge in [-0.1, -0.05) is 12.1 Å². The molecule has 0 fully saturated rings. The third-order valence-corrected chi connectivity index (χ3v) is 5.49. The van der Waals surface area contributed by atoms with E-state index < -0.39 is 0 Å². The second-order valence-electron chi connectivity index (χ2n) is 4.97. The summed E-state index contributed by atoms with van der Waals surface area (Å²) < 4.78 is 2.79. The molecule has 22 heavy (non-hydrogen) atoms. The van der Waals surface area contributed by atoms with Gasteiger partial charge in [0, 0.05) is 27.5 Å². The summed E-state index contributed by atoms with van der Waals surface area (Å²) in [5, 5.41) is 4.09. The van der Waals surface area contributed by atoms with Gasteiger partial charge in [-0.25, -0.2) is 0 Å². The van der Waals surface area contributed by atoms with Crippen molar-refractivity contribution in [1.29, 1.82) is 0 Å². The molecule has 0 saturated carbocycles. The van der Waals surface area contributed by atoms with E-state index in [1.165, 1.54) is 9.75 Å². The molecule has 0 aliphatic rings. The van der Waals surface area contributed by atoms with Crippen molar-refractivity contribution in [2.24, 2.45) is 7.05 Å². The lowest BCUT2D eigenvalue weighted by atomic mass is 10.3. The van der Waals surface area contributed by atoms with E-state index in [9.17, 15) is 4.79 Å². The van der Waals surface area contributed by atoms with Gasteiger partial charge in [0.2, 0.25) is 0 Å². The number of thiophene rings is 2. The Kier molecular flexibility index (Phi) is 4.81. The summed E-state index contributed by atoms with van der Waals surface area (Å²) in [6.45, 7) is 1.27. The number of amides is 1. The number of carbonyl (C=O) groups excluding carboxylic acids is 1. The molecule has 114 valence electrons. The van der Waals surface area contributed by atoms with Gasteiger partial charge in [0.1, 0.15) is 5.69 Å². The maximum absolute atomic E-state index is 12.9. The highest BCUT2D eigenvalue weighted by Crippen LogP contribution is 2.21. The molecule has 3 nitrogen and oxygen atoms in total. The number of halogens is 1. The predicted octanol–water partition coefficient (Wildman–Crippen LogP) is 4.75. The molecule has 3 aromatic rings. The molecule has 0 unspecified atom stereocenters. The number of aryl methyl sites for hydroxylation is 1. The van der Waals surface area contributed by atoms with Crippen molar-refractivity contribution in [3.8, 4) is 0 Å². The van der Waals surface area contributed by atoms with Gasteiger partial charge in [0.15, 0.2) is 0 Å². The standard InChI is InChI=1S/C16H15BrN2OS2/c1-18-9-12(17)8-15(18)16(20)19(10-13-4-2-6-21-13)11-14-5-3-7-22-14/h2-9H,10-11H2,1H3. The van der Waals surface area contributed by atoms with Crippen LogP contribution in [0, 0.1) is 0 Å². The number of carbonyl (C=O) groups is 1. The van der Waals surface area contributed by atoms with Crippen molar-refractivity contribution in [3.05, 3.63) is 67.2 Å². The van der Waals surface area contributed by atoms with E-state index in [0.29, 0.717) is 18.8 Å². The van der Waals surface area contributed by atoms with Crippen LogP contribution in [0.2, 0.25) is 0 Å². The summed E-state index contributed by atoms with van der Waals surface area (Å²) in [6.07, 6.45) is 1.90. The third kappa shape index (κ3) is 3.51. The Morgan fingerprint density at radius 2 is 1.77 bits per heavy atom. The topological polar surface area (TPSA) is 25.2 Å². The molecule has 3 rings (SSSR count). The SMILES string of the molecule is Cn1cc(Br)cc1C(=O)N(Cc1cccs1)Cc1cccs1. The first kappa shape index (κ1) is 15.5. The highest BCUT2D eigenvalue weighted by atomic mass is 79.9. The Balaban J connectivity index is 1.86. The Morgan fingerprint density at radius 3 is 2.18 bits per heavy atom. The highest BCUT2D eigenvalue weighted by molar-refractivity contribution is 9.10. The lowest BCUT2D eigenvalue weighted by Crippen LogP contribution is -2.30. The minimum absolute atomic E-state index is 0.0509. The Bertz CT molecular complexity index is 711. The van der Waals surface area contributed by atoms with Crippen LogP contribution in [-0.4, -0.2) is 15.4 Å². The van der Waals surface area contributed by atoms with Crippen LogP contribution >= 0.6 is 38.6 Å². The van der Waals surface area contributed by atoms with Gasteiger partial charge in [-0.2, -0.15) is 0 Å². The summed E-state index contributed by atoms with van der Waals surface area (Å²) in [7, 11) is 1.90. The van der Waals surface area contributed by atoms with Gasteiger partial charge < -0.3 is 9.47 Å². The van der Waals surface area contributed by atoms with Crippen LogP contribution in [0.4, 0.5) is 0 Å². The highest BCUT2D eigenvalue weighted by Gasteiger charge is 2.20. The zero-order chi connectivity index (χ0) is 15.5. The first-order chi connectivity index (χ1) is 10.6. The monoisotopic (exact) mass is 394 g/mol. The van der Waals surface area contributed by atoms with Crippen molar-refractivity contribution < 1.29 is 4.79 Å². The molecule has 3 aromatic heterocycles. The summed E-state index contributed by atoms with van der Waals surface area (Å²) in [5.74, 6) is 0.0509. The second kappa shape index (κ2) is 6.81. The predicted molar refractivity (Wildman–Crippen MR) is 95.3 cm³/mol. The van der Waals surface area contributed by atoms with Gasteiger partial charge in [0.05, 0.1) is 13.1 Å². The number of rotatable bonds is 5. The van der Waals surface area contributed by atoms with E-state index in [0.717, 1.165) is 4.47 Å². The molecule has 1 amide bonds. The normalized spacial score (nSPS) is 10.8. The van der Waals surface area contributed by atoms with Crippen LogP contribution in [0.1, 0.15) is 20.2 Å². The van der Waals surface area contributed by atoms with Crippen LogP contribution in [0.5, 0.6) is 0 Å². The molecule has 6 heteroatoms. The fourth-order valence-electron chi connectivity index (χ4n) is 2.28. The minimum atomic E-state index is 0.0509. The van der Waals surface area contributed by atoms with E-state index in [-0.39, 0.29) is 5.91 Å². The Labute approximate surface area is 145 Å². The Hall–Kier alpha value is -1.37. The summed E-state index contributed by atoms with van der Waals surface area (Å²) >= 11 is 6.79. The summed E-state index contributed by atoms with van der Waals surface area (Å²) in [6, 6.07) is 10.1. The van der Waals surface area contributed by atoms with Crippen LogP contribution in [0.15, 0.2) is 51.8 Å². The fourth-order valence-corrected chi connectivity index (χ4v) is 4.24. The van der Waals surface area contributed by atoms with E-state index in [1.807, 2.05) is 51.7 Å². The molecule has 0 aromatic carbocycles. The molecule has 0 atom stereocenters. The molecule has 0 bridgehead atoms. The van der Waals surface area contributed by atoms with E-state index in [1.54, 1.807) is 22.7 Å². The molecular formula is C16H15BrN2OS2. The molecule has 0 aliphatic heterocycles. The molecule has 0 spiro atoms. The van der Waals surface area contributed by atoms with E-state index in [4.69, 9.17) is 0 Å². The third-order valence-electron chi connectivity index (χ3n) is 3.33. The largest absolute Gasteiger partial charge is 0.345 e. The average Bonchev–Trinajstić information content (AvgIpc) is 3.20. The van der Waals surface area contributed by atoms with Crippen molar-refractivity contribution in [1.82, 2.24) is 9.47 Å². The number of aromatic nitrogens is 1. The van der Waals surface area contributed by atoms with E-state index in [2.05, 4.69) is 28.1 Å². The Morgan fingerprint density at radius 1 is 1.18 bits per heavy atom. The zero-order valence-electron chi connectivity index (χ0n) is 12.0. The maximum Gasteiger partial charge on any atom is 0.271 e. The average molecular weight is 395 g/mol. The fraction of sp³-hybridized carbons (Fsp3) is 0.188. The van der Waals surface area contributed by atoms with Gasteiger partial charge in [-0.15, -0.1) is 22.7 Å². The maximum atomic E-state index is 12.9. The molecule has 0 aliphatic carbocycles. The van der Waals surface area contributed by atoms with Crippen LogP contribution in [0.3, 0.4) is 0 Å². The first-order valence-corrected chi connectivity index (χ1v) is 9.34. The van der Waals surface area contributed by atoms with Gasteiger partial charge >= 0.3 is 0 Å². The van der Waals surface area contributed by atoms with Crippen molar-refractivity contribution in [2.45, 2.75) is 13.1 Å². The van der Waals surface area contributed by atoms with Gasteiger partial charge in [-0.3, -0.25) is 4.79 Å². The molecule has 0 N–H and O–H groups in total. The molecule has 0 saturated heterocycles. The molecule has 0 radical (unpaired) electrons. The van der Waals surface area contributed by atoms with Crippen molar-refractivity contribution in [3.63, 3.8) is 0 Å². The van der Waals surface area contributed by atoms with Crippen molar-refractivity contribution in [2.75, 3.05) is 0 Å². The molecular weight excluding hydrogens is 380 g/mol. The van der Waals surface area contributed by atoms with Crippen LogP contribution < -0.4 is 0 Å². The second-order valence-corrected chi connectivity index (χ2v) is 7.95. The number of hydrogen-bond donors (Lipinski definition) is 0.